The normalized spacial score (nSPS) is 12.3. The van der Waals surface area contributed by atoms with Crippen molar-refractivity contribution in [2.45, 2.75) is 26.3 Å². The van der Waals surface area contributed by atoms with Crippen LogP contribution in [0.25, 0.3) is 0 Å². The molecule has 1 atom stereocenters. The van der Waals surface area contributed by atoms with Crippen LogP contribution >= 0.6 is 11.6 Å². The Morgan fingerprint density at radius 1 is 1.15 bits per heavy atom. The average Bonchev–Trinajstić information content (AvgIpc) is 2.59. The molecule has 2 aromatic carbocycles. The van der Waals surface area contributed by atoms with E-state index in [4.69, 9.17) is 11.6 Å². The van der Waals surface area contributed by atoms with Gasteiger partial charge in [-0.05, 0) is 49.7 Å². The first-order valence-electron chi connectivity index (χ1n) is 8.30. The summed E-state index contributed by atoms with van der Waals surface area (Å²) in [5.41, 5.74) is 1.23. The van der Waals surface area contributed by atoms with Crippen LogP contribution in [0.15, 0.2) is 48.5 Å². The number of carbonyl (C=O) groups is 2. The van der Waals surface area contributed by atoms with Crippen molar-refractivity contribution >= 4 is 44.7 Å². The summed E-state index contributed by atoms with van der Waals surface area (Å²) in [5.74, 6) is -0.615. The second kappa shape index (κ2) is 8.54. The maximum absolute atomic E-state index is 12.8. The van der Waals surface area contributed by atoms with Gasteiger partial charge in [-0.3, -0.25) is 13.9 Å². The van der Waals surface area contributed by atoms with Crippen LogP contribution in [-0.2, 0) is 14.8 Å². The number of nitrogens with one attached hydrogen (secondary N) is 1. The third-order valence-electron chi connectivity index (χ3n) is 3.95. The summed E-state index contributed by atoms with van der Waals surface area (Å²) in [4.78, 5) is 24.3. The van der Waals surface area contributed by atoms with Crippen molar-refractivity contribution in [3.63, 3.8) is 0 Å². The fourth-order valence-electron chi connectivity index (χ4n) is 2.69. The lowest BCUT2D eigenvalue weighted by atomic mass is 10.1. The van der Waals surface area contributed by atoms with Crippen molar-refractivity contribution in [1.29, 1.82) is 0 Å². The Morgan fingerprint density at radius 2 is 1.78 bits per heavy atom. The number of anilines is 2. The van der Waals surface area contributed by atoms with E-state index in [0.717, 1.165) is 10.6 Å². The molecule has 0 saturated carbocycles. The Morgan fingerprint density at radius 3 is 2.30 bits per heavy atom. The summed E-state index contributed by atoms with van der Waals surface area (Å²) in [5, 5.41) is 3.16. The third-order valence-corrected chi connectivity index (χ3v) is 5.38. The Balaban J connectivity index is 2.36. The van der Waals surface area contributed by atoms with Crippen LogP contribution < -0.4 is 9.62 Å². The van der Waals surface area contributed by atoms with Crippen molar-refractivity contribution in [2.75, 3.05) is 15.9 Å². The van der Waals surface area contributed by atoms with Crippen LogP contribution in [0.5, 0.6) is 0 Å². The molecule has 144 valence electrons. The third kappa shape index (κ3) is 5.30. The molecule has 0 aliphatic carbocycles. The highest BCUT2D eigenvalue weighted by Gasteiger charge is 2.31. The highest BCUT2D eigenvalue weighted by Crippen LogP contribution is 2.25. The molecule has 0 unspecified atom stereocenters. The molecule has 0 spiro atoms. The summed E-state index contributed by atoms with van der Waals surface area (Å²) >= 11 is 5.88. The number of hydrogen-bond acceptors (Lipinski definition) is 4. The van der Waals surface area contributed by atoms with E-state index in [0.29, 0.717) is 22.0 Å². The molecule has 1 amide bonds. The SMILES string of the molecule is CC[C@@H](C(=O)Nc1cccc(C(C)=O)c1)N(c1ccc(Cl)cc1)S(C)(=O)=O. The second-order valence-electron chi connectivity index (χ2n) is 6.09. The molecule has 27 heavy (non-hydrogen) atoms. The van der Waals surface area contributed by atoms with Gasteiger partial charge >= 0.3 is 0 Å². The van der Waals surface area contributed by atoms with Gasteiger partial charge in [0.25, 0.3) is 0 Å². The number of amides is 1. The van der Waals surface area contributed by atoms with Crippen molar-refractivity contribution in [1.82, 2.24) is 0 Å². The van der Waals surface area contributed by atoms with Crippen molar-refractivity contribution in [3.8, 4) is 0 Å². The van der Waals surface area contributed by atoms with E-state index in [9.17, 15) is 18.0 Å². The van der Waals surface area contributed by atoms with E-state index in [-0.39, 0.29) is 12.2 Å². The number of nitrogens with zero attached hydrogens (tertiary/aromatic N) is 1. The van der Waals surface area contributed by atoms with Gasteiger partial charge in [-0.1, -0.05) is 30.7 Å². The van der Waals surface area contributed by atoms with Crippen LogP contribution in [0.1, 0.15) is 30.6 Å². The van der Waals surface area contributed by atoms with Crippen LogP contribution in [0.3, 0.4) is 0 Å². The summed E-state index contributed by atoms with van der Waals surface area (Å²) in [6.45, 7) is 3.16. The number of Topliss-reactive ketones (excluding diaryl/α,β-unsaturated/α-hetero) is 1. The predicted molar refractivity (Wildman–Crippen MR) is 108 cm³/mol. The predicted octanol–water partition coefficient (Wildman–Crippen LogP) is 3.73. The monoisotopic (exact) mass is 408 g/mol. The van der Waals surface area contributed by atoms with Crippen molar-refractivity contribution in [3.05, 3.63) is 59.1 Å². The summed E-state index contributed by atoms with van der Waals surface area (Å²) in [6, 6.07) is 11.8. The fraction of sp³-hybridized carbons (Fsp3) is 0.263. The van der Waals surface area contributed by atoms with Gasteiger partial charge in [0, 0.05) is 16.3 Å². The zero-order valence-electron chi connectivity index (χ0n) is 15.3. The highest BCUT2D eigenvalue weighted by atomic mass is 35.5. The van der Waals surface area contributed by atoms with Gasteiger partial charge in [-0.25, -0.2) is 8.42 Å². The smallest absolute Gasteiger partial charge is 0.248 e. The Kier molecular flexibility index (Phi) is 6.62. The Bertz CT molecular complexity index is 942. The Labute approximate surface area is 164 Å². The molecular formula is C19H21ClN2O4S. The molecule has 0 radical (unpaired) electrons. The van der Waals surface area contributed by atoms with Gasteiger partial charge in [0.1, 0.15) is 6.04 Å². The van der Waals surface area contributed by atoms with Crippen LogP contribution in [0.4, 0.5) is 11.4 Å². The highest BCUT2D eigenvalue weighted by molar-refractivity contribution is 7.92. The molecule has 8 heteroatoms. The van der Waals surface area contributed by atoms with E-state index in [2.05, 4.69) is 5.32 Å². The van der Waals surface area contributed by atoms with E-state index >= 15 is 0 Å². The largest absolute Gasteiger partial charge is 0.324 e. The lowest BCUT2D eigenvalue weighted by Gasteiger charge is -2.30. The van der Waals surface area contributed by atoms with Gasteiger partial charge < -0.3 is 5.32 Å². The molecule has 2 aromatic rings. The lowest BCUT2D eigenvalue weighted by Crippen LogP contribution is -2.47. The molecule has 0 aliphatic rings. The fourth-order valence-corrected chi connectivity index (χ4v) is 4.03. The van der Waals surface area contributed by atoms with Gasteiger partial charge in [0.2, 0.25) is 15.9 Å². The first-order chi connectivity index (χ1) is 12.6. The molecule has 0 aromatic heterocycles. The first-order valence-corrected chi connectivity index (χ1v) is 10.5. The number of halogens is 1. The van der Waals surface area contributed by atoms with Crippen molar-refractivity contribution < 1.29 is 18.0 Å². The van der Waals surface area contributed by atoms with Crippen LogP contribution in [-0.4, -0.2) is 32.4 Å². The zero-order valence-corrected chi connectivity index (χ0v) is 16.8. The lowest BCUT2D eigenvalue weighted by molar-refractivity contribution is -0.117. The maximum atomic E-state index is 12.8. The minimum atomic E-state index is -3.73. The average molecular weight is 409 g/mol. The van der Waals surface area contributed by atoms with E-state index < -0.39 is 22.0 Å². The second-order valence-corrected chi connectivity index (χ2v) is 8.38. The minimum absolute atomic E-state index is 0.128. The summed E-state index contributed by atoms with van der Waals surface area (Å²) in [6.07, 6.45) is 1.31. The van der Waals surface area contributed by atoms with Crippen LogP contribution in [0, 0.1) is 0 Å². The van der Waals surface area contributed by atoms with Gasteiger partial charge in [0.05, 0.1) is 11.9 Å². The van der Waals surface area contributed by atoms with E-state index in [1.54, 1.807) is 55.5 Å². The molecule has 0 heterocycles. The number of benzene rings is 2. The molecule has 6 nitrogen and oxygen atoms in total. The maximum Gasteiger partial charge on any atom is 0.248 e. The molecule has 1 N–H and O–H groups in total. The topological polar surface area (TPSA) is 83.6 Å². The number of rotatable bonds is 7. The van der Waals surface area contributed by atoms with Gasteiger partial charge in [-0.2, -0.15) is 0 Å². The van der Waals surface area contributed by atoms with Crippen molar-refractivity contribution in [2.24, 2.45) is 0 Å². The molecule has 2 rings (SSSR count). The molecular weight excluding hydrogens is 388 g/mol. The van der Waals surface area contributed by atoms with E-state index in [1.165, 1.54) is 6.92 Å². The number of carbonyl (C=O) groups excluding carboxylic acids is 2. The Hall–Kier alpha value is -2.38. The number of hydrogen-bond donors (Lipinski definition) is 1. The van der Waals surface area contributed by atoms with Gasteiger partial charge in [0.15, 0.2) is 5.78 Å². The minimum Gasteiger partial charge on any atom is -0.324 e. The molecule has 0 fully saturated rings. The molecule has 0 saturated heterocycles. The van der Waals surface area contributed by atoms with E-state index in [1.807, 2.05) is 0 Å². The van der Waals surface area contributed by atoms with Crippen LogP contribution in [0.2, 0.25) is 5.02 Å². The first kappa shape index (κ1) is 20.9. The number of sulfonamides is 1. The zero-order chi connectivity index (χ0) is 20.2. The number of ketones is 1. The molecule has 0 aliphatic heterocycles. The quantitative estimate of drug-likeness (QED) is 0.707. The van der Waals surface area contributed by atoms with Gasteiger partial charge in [-0.15, -0.1) is 0 Å². The molecule has 0 bridgehead atoms. The summed E-state index contributed by atoms with van der Waals surface area (Å²) < 4.78 is 25.8. The standard InChI is InChI=1S/C19H21ClN2O4S/c1-4-18(19(24)21-16-7-5-6-14(12-16)13(2)23)22(27(3,25)26)17-10-8-15(20)9-11-17/h5-12,18H,4H2,1-3H3,(H,21,24)/t18-/m0/s1. The summed E-state index contributed by atoms with van der Waals surface area (Å²) in [7, 11) is -3.73.